The standard InChI is InChI=1S/C15H15FN2OS/c1-9-17-7-12(20-9)8-18-15(19)14-6-13(14)10-2-4-11(16)5-3-10/h2-5,7,13-14H,6,8H2,1H3,(H,18,19). The van der Waals surface area contributed by atoms with Gasteiger partial charge in [-0.25, -0.2) is 9.37 Å². The first-order valence-corrected chi connectivity index (χ1v) is 7.39. The number of halogens is 1. The average molecular weight is 290 g/mol. The summed E-state index contributed by atoms with van der Waals surface area (Å²) in [4.78, 5) is 17.3. The van der Waals surface area contributed by atoms with Gasteiger partial charge in [0, 0.05) is 17.0 Å². The fourth-order valence-corrected chi connectivity index (χ4v) is 3.09. The van der Waals surface area contributed by atoms with Crippen molar-refractivity contribution in [2.75, 3.05) is 0 Å². The highest BCUT2D eigenvalue weighted by Crippen LogP contribution is 2.47. The van der Waals surface area contributed by atoms with Crippen LogP contribution in [0, 0.1) is 18.7 Å². The van der Waals surface area contributed by atoms with E-state index in [1.54, 1.807) is 29.7 Å². The molecule has 20 heavy (non-hydrogen) atoms. The number of nitrogens with one attached hydrogen (secondary N) is 1. The Labute approximate surface area is 120 Å². The van der Waals surface area contributed by atoms with Crippen LogP contribution in [0.3, 0.4) is 0 Å². The molecule has 0 saturated heterocycles. The van der Waals surface area contributed by atoms with E-state index in [0.717, 1.165) is 21.9 Å². The largest absolute Gasteiger partial charge is 0.351 e. The maximum absolute atomic E-state index is 12.9. The van der Waals surface area contributed by atoms with Crippen molar-refractivity contribution in [2.24, 2.45) is 5.92 Å². The number of thiazole rings is 1. The van der Waals surface area contributed by atoms with E-state index in [4.69, 9.17) is 0 Å². The average Bonchev–Trinajstić information content (AvgIpc) is 3.13. The van der Waals surface area contributed by atoms with Crippen LogP contribution in [0.2, 0.25) is 0 Å². The summed E-state index contributed by atoms with van der Waals surface area (Å²) in [5.74, 6) is 0.0922. The number of rotatable bonds is 4. The normalized spacial score (nSPS) is 20.7. The summed E-state index contributed by atoms with van der Waals surface area (Å²) >= 11 is 1.59. The molecular weight excluding hydrogens is 275 g/mol. The maximum Gasteiger partial charge on any atom is 0.224 e. The highest BCUT2D eigenvalue weighted by molar-refractivity contribution is 7.11. The second kappa shape index (κ2) is 5.32. The number of carbonyl (C=O) groups excluding carboxylic acids is 1. The van der Waals surface area contributed by atoms with Crippen LogP contribution in [0.15, 0.2) is 30.5 Å². The topological polar surface area (TPSA) is 42.0 Å². The summed E-state index contributed by atoms with van der Waals surface area (Å²) in [5, 5.41) is 3.95. The molecule has 1 amide bonds. The summed E-state index contributed by atoms with van der Waals surface area (Å²) in [7, 11) is 0. The minimum absolute atomic E-state index is 0.0227. The molecule has 0 spiro atoms. The van der Waals surface area contributed by atoms with Crippen LogP contribution in [0.25, 0.3) is 0 Å². The van der Waals surface area contributed by atoms with Crippen molar-refractivity contribution in [3.8, 4) is 0 Å². The van der Waals surface area contributed by atoms with Gasteiger partial charge in [0.1, 0.15) is 5.82 Å². The van der Waals surface area contributed by atoms with Crippen LogP contribution in [0.1, 0.15) is 27.8 Å². The van der Waals surface area contributed by atoms with Gasteiger partial charge < -0.3 is 5.32 Å². The number of nitrogens with zero attached hydrogens (tertiary/aromatic N) is 1. The van der Waals surface area contributed by atoms with E-state index in [9.17, 15) is 9.18 Å². The second-order valence-electron chi connectivity index (χ2n) is 5.06. The predicted molar refractivity (Wildman–Crippen MR) is 75.9 cm³/mol. The van der Waals surface area contributed by atoms with Crippen molar-refractivity contribution in [3.05, 3.63) is 51.7 Å². The quantitative estimate of drug-likeness (QED) is 0.940. The number of hydrogen-bond acceptors (Lipinski definition) is 3. The fraction of sp³-hybridized carbons (Fsp3) is 0.333. The molecule has 2 unspecified atom stereocenters. The van der Waals surface area contributed by atoms with E-state index in [0.29, 0.717) is 6.54 Å². The Kier molecular flexibility index (Phi) is 3.53. The van der Waals surface area contributed by atoms with Crippen molar-refractivity contribution in [1.29, 1.82) is 0 Å². The van der Waals surface area contributed by atoms with E-state index in [2.05, 4.69) is 10.3 Å². The molecule has 2 atom stereocenters. The molecule has 1 aliphatic carbocycles. The van der Waals surface area contributed by atoms with E-state index in [1.165, 1.54) is 12.1 Å². The number of hydrogen-bond donors (Lipinski definition) is 1. The molecule has 2 aromatic rings. The van der Waals surface area contributed by atoms with Gasteiger partial charge >= 0.3 is 0 Å². The minimum atomic E-state index is -0.240. The molecule has 104 valence electrons. The molecular formula is C15H15FN2OS. The molecule has 3 rings (SSSR count). The monoisotopic (exact) mass is 290 g/mol. The molecule has 5 heteroatoms. The van der Waals surface area contributed by atoms with Gasteiger partial charge in [-0.15, -0.1) is 11.3 Å². The van der Waals surface area contributed by atoms with E-state index < -0.39 is 0 Å². The fourth-order valence-electron chi connectivity index (χ4n) is 2.36. The molecule has 1 N–H and O–H groups in total. The first kappa shape index (κ1) is 13.2. The van der Waals surface area contributed by atoms with Crippen molar-refractivity contribution < 1.29 is 9.18 Å². The zero-order chi connectivity index (χ0) is 14.1. The van der Waals surface area contributed by atoms with Gasteiger partial charge in [0.15, 0.2) is 0 Å². The van der Waals surface area contributed by atoms with Gasteiger partial charge in [-0.1, -0.05) is 12.1 Å². The highest BCUT2D eigenvalue weighted by Gasteiger charge is 2.43. The molecule has 0 radical (unpaired) electrons. The molecule has 1 heterocycles. The number of aromatic nitrogens is 1. The minimum Gasteiger partial charge on any atom is -0.351 e. The third-order valence-electron chi connectivity index (χ3n) is 3.53. The molecule has 1 aromatic heterocycles. The Hall–Kier alpha value is -1.75. The van der Waals surface area contributed by atoms with Gasteiger partial charge in [0.05, 0.1) is 11.6 Å². The number of carbonyl (C=O) groups is 1. The first-order chi connectivity index (χ1) is 9.63. The number of aryl methyl sites for hydroxylation is 1. The SMILES string of the molecule is Cc1ncc(CNC(=O)C2CC2c2ccc(F)cc2)s1. The second-order valence-corrected chi connectivity index (χ2v) is 6.38. The third kappa shape index (κ3) is 2.88. The Morgan fingerprint density at radius 3 is 2.85 bits per heavy atom. The molecule has 1 fully saturated rings. The van der Waals surface area contributed by atoms with Crippen molar-refractivity contribution in [1.82, 2.24) is 10.3 Å². The van der Waals surface area contributed by atoms with E-state index >= 15 is 0 Å². The zero-order valence-corrected chi connectivity index (χ0v) is 11.9. The molecule has 3 nitrogen and oxygen atoms in total. The number of amides is 1. The van der Waals surface area contributed by atoms with Gasteiger partial charge in [0.25, 0.3) is 0 Å². The molecule has 0 aliphatic heterocycles. The van der Waals surface area contributed by atoms with Gasteiger partial charge in [0.2, 0.25) is 5.91 Å². The zero-order valence-electron chi connectivity index (χ0n) is 11.1. The molecule has 1 saturated carbocycles. The molecule has 1 aliphatic rings. The Morgan fingerprint density at radius 1 is 1.45 bits per heavy atom. The highest BCUT2D eigenvalue weighted by atomic mass is 32.1. The lowest BCUT2D eigenvalue weighted by atomic mass is 10.1. The summed E-state index contributed by atoms with van der Waals surface area (Å²) in [5.41, 5.74) is 1.04. The van der Waals surface area contributed by atoms with Crippen molar-refractivity contribution >= 4 is 17.2 Å². The van der Waals surface area contributed by atoms with Crippen LogP contribution >= 0.6 is 11.3 Å². The first-order valence-electron chi connectivity index (χ1n) is 6.58. The van der Waals surface area contributed by atoms with Gasteiger partial charge in [-0.2, -0.15) is 0 Å². The van der Waals surface area contributed by atoms with Crippen LogP contribution in [0.5, 0.6) is 0 Å². The Bertz CT molecular complexity index is 623. The molecule has 1 aromatic carbocycles. The summed E-state index contributed by atoms with van der Waals surface area (Å²) in [6, 6.07) is 6.42. The predicted octanol–water partition coefficient (Wildman–Crippen LogP) is 3.01. The van der Waals surface area contributed by atoms with Crippen LogP contribution < -0.4 is 5.32 Å². The molecule has 0 bridgehead atoms. The van der Waals surface area contributed by atoms with Crippen molar-refractivity contribution in [2.45, 2.75) is 25.8 Å². The lowest BCUT2D eigenvalue weighted by Crippen LogP contribution is -2.24. The number of benzene rings is 1. The lowest BCUT2D eigenvalue weighted by Gasteiger charge is -2.03. The van der Waals surface area contributed by atoms with Gasteiger partial charge in [-0.3, -0.25) is 4.79 Å². The summed E-state index contributed by atoms with van der Waals surface area (Å²) in [6.07, 6.45) is 2.64. The maximum atomic E-state index is 12.9. The lowest BCUT2D eigenvalue weighted by molar-refractivity contribution is -0.122. The van der Waals surface area contributed by atoms with E-state index in [1.807, 2.05) is 6.92 Å². The van der Waals surface area contributed by atoms with E-state index in [-0.39, 0.29) is 23.6 Å². The smallest absolute Gasteiger partial charge is 0.224 e. The van der Waals surface area contributed by atoms with Crippen LogP contribution in [-0.4, -0.2) is 10.9 Å². The Balaban J connectivity index is 1.53. The summed E-state index contributed by atoms with van der Waals surface area (Å²) in [6.45, 7) is 2.48. The third-order valence-corrected chi connectivity index (χ3v) is 4.44. The van der Waals surface area contributed by atoms with Gasteiger partial charge in [-0.05, 0) is 37.0 Å². The Morgan fingerprint density at radius 2 is 2.20 bits per heavy atom. The summed E-state index contributed by atoms with van der Waals surface area (Å²) < 4.78 is 12.9. The van der Waals surface area contributed by atoms with Crippen LogP contribution in [0.4, 0.5) is 4.39 Å². The van der Waals surface area contributed by atoms with Crippen LogP contribution in [-0.2, 0) is 11.3 Å². The van der Waals surface area contributed by atoms with Crippen molar-refractivity contribution in [3.63, 3.8) is 0 Å².